The minimum atomic E-state index is -1.85. The van der Waals surface area contributed by atoms with Gasteiger partial charge in [0, 0.05) is 32.0 Å². The van der Waals surface area contributed by atoms with E-state index in [0.717, 1.165) is 5.56 Å². The SMILES string of the molecule is COC(CCO[Si](C)(C)C(C)(C)C)C(Cc1ccc(Cl)cc1)C(=O)/C=C/N(C)OC. The average molecular weight is 456 g/mol. The molecule has 1 rings (SSSR count). The topological polar surface area (TPSA) is 48.0 Å². The van der Waals surface area contributed by atoms with Crippen LogP contribution in [0.25, 0.3) is 0 Å². The monoisotopic (exact) mass is 455 g/mol. The van der Waals surface area contributed by atoms with Gasteiger partial charge in [-0.1, -0.05) is 44.5 Å². The summed E-state index contributed by atoms with van der Waals surface area (Å²) < 4.78 is 12.1. The maximum atomic E-state index is 13.0. The summed E-state index contributed by atoms with van der Waals surface area (Å²) in [5, 5.41) is 2.30. The van der Waals surface area contributed by atoms with Crippen LogP contribution in [0.15, 0.2) is 36.5 Å². The maximum Gasteiger partial charge on any atom is 0.191 e. The lowest BCUT2D eigenvalue weighted by molar-refractivity contribution is -0.123. The van der Waals surface area contributed by atoms with Crippen molar-refractivity contribution < 1.29 is 18.8 Å². The first kappa shape index (κ1) is 26.9. The third kappa shape index (κ3) is 8.51. The van der Waals surface area contributed by atoms with Crippen molar-refractivity contribution in [3.05, 3.63) is 47.1 Å². The Morgan fingerprint density at radius 3 is 2.30 bits per heavy atom. The number of hydrogen-bond donors (Lipinski definition) is 0. The van der Waals surface area contributed by atoms with Crippen LogP contribution in [-0.4, -0.2) is 53.1 Å². The van der Waals surface area contributed by atoms with Crippen LogP contribution in [0.2, 0.25) is 23.2 Å². The summed E-state index contributed by atoms with van der Waals surface area (Å²) in [7, 11) is 3.09. The molecule has 0 amide bonds. The van der Waals surface area contributed by atoms with E-state index in [1.54, 1.807) is 33.5 Å². The van der Waals surface area contributed by atoms with Crippen LogP contribution in [-0.2, 0) is 25.2 Å². The molecule has 1 aromatic rings. The van der Waals surface area contributed by atoms with Crippen molar-refractivity contribution in [2.45, 2.75) is 57.8 Å². The third-order valence-electron chi connectivity index (χ3n) is 5.89. The molecule has 0 aliphatic carbocycles. The van der Waals surface area contributed by atoms with Crippen LogP contribution in [0.1, 0.15) is 32.8 Å². The molecular weight excluding hydrogens is 418 g/mol. The number of ether oxygens (including phenoxy) is 1. The quantitative estimate of drug-likeness (QED) is 0.236. The van der Waals surface area contributed by atoms with E-state index in [2.05, 4.69) is 33.9 Å². The number of benzene rings is 1. The molecule has 0 fully saturated rings. The Balaban J connectivity index is 2.97. The number of carbonyl (C=O) groups is 1. The van der Waals surface area contributed by atoms with Gasteiger partial charge in [-0.2, -0.15) is 0 Å². The number of carbonyl (C=O) groups excluding carboxylic acids is 1. The molecule has 0 aromatic heterocycles. The van der Waals surface area contributed by atoms with E-state index < -0.39 is 8.32 Å². The molecule has 0 aliphatic rings. The normalized spacial score (nSPS) is 14.7. The zero-order valence-corrected chi connectivity index (χ0v) is 21.5. The standard InChI is InChI=1S/C23H38ClNO4Si/c1-23(2,3)30(7,8)29-16-14-22(27-5)20(21(26)13-15-25(4)28-6)17-18-9-11-19(24)12-10-18/h9-13,15,20,22H,14,16-17H2,1-8H3/b15-13+. The van der Waals surface area contributed by atoms with E-state index in [9.17, 15) is 4.79 Å². The Labute approximate surface area is 188 Å². The van der Waals surface area contributed by atoms with Gasteiger partial charge >= 0.3 is 0 Å². The number of halogens is 1. The zero-order valence-electron chi connectivity index (χ0n) is 19.7. The Hall–Kier alpha value is -1.18. The number of ketones is 1. The van der Waals surface area contributed by atoms with E-state index in [4.69, 9.17) is 25.6 Å². The van der Waals surface area contributed by atoms with E-state index in [-0.39, 0.29) is 22.8 Å². The highest BCUT2D eigenvalue weighted by molar-refractivity contribution is 6.74. The summed E-state index contributed by atoms with van der Waals surface area (Å²) in [4.78, 5) is 18.1. The summed E-state index contributed by atoms with van der Waals surface area (Å²) >= 11 is 6.01. The summed E-state index contributed by atoms with van der Waals surface area (Å²) in [6.07, 6.45) is 4.13. The van der Waals surface area contributed by atoms with Gasteiger partial charge in [0.25, 0.3) is 0 Å². The van der Waals surface area contributed by atoms with Crippen molar-refractivity contribution in [3.63, 3.8) is 0 Å². The first-order chi connectivity index (χ1) is 13.9. The molecule has 7 heteroatoms. The maximum absolute atomic E-state index is 13.0. The molecule has 5 nitrogen and oxygen atoms in total. The molecule has 0 saturated carbocycles. The molecule has 2 atom stereocenters. The lowest BCUT2D eigenvalue weighted by atomic mass is 9.88. The van der Waals surface area contributed by atoms with Crippen LogP contribution in [0.3, 0.4) is 0 Å². The molecule has 0 bridgehead atoms. The molecule has 170 valence electrons. The summed E-state index contributed by atoms with van der Waals surface area (Å²) in [5.41, 5.74) is 1.04. The minimum absolute atomic E-state index is 0.00646. The average Bonchev–Trinajstić information content (AvgIpc) is 2.68. The van der Waals surface area contributed by atoms with Crippen molar-refractivity contribution in [2.75, 3.05) is 27.9 Å². The third-order valence-corrected chi connectivity index (χ3v) is 10.7. The van der Waals surface area contributed by atoms with Gasteiger partial charge in [0.05, 0.1) is 19.1 Å². The van der Waals surface area contributed by atoms with Crippen LogP contribution < -0.4 is 0 Å². The lowest BCUT2D eigenvalue weighted by Crippen LogP contribution is -2.42. The number of nitrogens with zero attached hydrogens (tertiary/aromatic N) is 1. The van der Waals surface area contributed by atoms with Gasteiger partial charge in [-0.25, -0.2) is 0 Å². The fourth-order valence-electron chi connectivity index (χ4n) is 2.78. The van der Waals surface area contributed by atoms with Crippen molar-refractivity contribution in [1.29, 1.82) is 0 Å². The smallest absolute Gasteiger partial charge is 0.191 e. The van der Waals surface area contributed by atoms with E-state index in [1.807, 2.05) is 24.3 Å². The molecule has 0 aliphatic heterocycles. The largest absolute Gasteiger partial charge is 0.417 e. The van der Waals surface area contributed by atoms with Crippen LogP contribution in [0.5, 0.6) is 0 Å². The number of hydrogen-bond acceptors (Lipinski definition) is 5. The number of hydroxylamine groups is 2. The molecule has 0 saturated heterocycles. The second-order valence-electron chi connectivity index (χ2n) is 9.06. The summed E-state index contributed by atoms with van der Waals surface area (Å²) in [6, 6.07) is 7.59. The number of rotatable bonds is 12. The summed E-state index contributed by atoms with van der Waals surface area (Å²) in [5.74, 6) is -0.339. The van der Waals surface area contributed by atoms with Gasteiger partial charge < -0.3 is 9.16 Å². The number of methoxy groups -OCH3 is 1. The van der Waals surface area contributed by atoms with E-state index in [1.165, 1.54) is 5.06 Å². The molecule has 30 heavy (non-hydrogen) atoms. The first-order valence-corrected chi connectivity index (χ1v) is 13.6. The molecule has 0 heterocycles. The van der Waals surface area contributed by atoms with Crippen molar-refractivity contribution in [2.24, 2.45) is 5.92 Å². The van der Waals surface area contributed by atoms with Crippen molar-refractivity contribution in [3.8, 4) is 0 Å². The van der Waals surface area contributed by atoms with Crippen molar-refractivity contribution >= 4 is 25.7 Å². The Morgan fingerprint density at radius 2 is 1.80 bits per heavy atom. The first-order valence-electron chi connectivity index (χ1n) is 10.3. The van der Waals surface area contributed by atoms with Crippen LogP contribution in [0.4, 0.5) is 0 Å². The van der Waals surface area contributed by atoms with Gasteiger partial charge in [-0.15, -0.1) is 0 Å². The highest BCUT2D eigenvalue weighted by Crippen LogP contribution is 2.36. The fourth-order valence-corrected chi connectivity index (χ4v) is 3.97. The lowest BCUT2D eigenvalue weighted by Gasteiger charge is -2.36. The fraction of sp³-hybridized carbons (Fsp3) is 0.609. The Morgan fingerprint density at radius 1 is 1.20 bits per heavy atom. The highest BCUT2D eigenvalue weighted by Gasteiger charge is 2.37. The van der Waals surface area contributed by atoms with E-state index in [0.29, 0.717) is 24.5 Å². The predicted octanol–water partition coefficient (Wildman–Crippen LogP) is 5.50. The predicted molar refractivity (Wildman–Crippen MR) is 126 cm³/mol. The minimum Gasteiger partial charge on any atom is -0.417 e. The second kappa shape index (κ2) is 12.0. The number of allylic oxidation sites excluding steroid dienone is 1. The van der Waals surface area contributed by atoms with Gasteiger partial charge in [-0.05, 0) is 54.7 Å². The molecule has 0 N–H and O–H groups in total. The Kier molecular flexibility index (Phi) is 10.7. The van der Waals surface area contributed by atoms with E-state index >= 15 is 0 Å². The summed E-state index contributed by atoms with van der Waals surface area (Å²) in [6.45, 7) is 11.7. The van der Waals surface area contributed by atoms with Crippen LogP contribution in [0, 0.1) is 5.92 Å². The molecule has 0 spiro atoms. The van der Waals surface area contributed by atoms with Gasteiger partial charge in [0.15, 0.2) is 14.1 Å². The molecule has 2 unspecified atom stereocenters. The highest BCUT2D eigenvalue weighted by atomic mass is 35.5. The molecule has 1 aromatic carbocycles. The molecular formula is C23H38ClNO4Si. The van der Waals surface area contributed by atoms with Gasteiger partial charge in [-0.3, -0.25) is 14.7 Å². The van der Waals surface area contributed by atoms with Crippen molar-refractivity contribution in [1.82, 2.24) is 5.06 Å². The molecule has 0 radical (unpaired) electrons. The van der Waals surface area contributed by atoms with Gasteiger partial charge in [0.1, 0.15) is 0 Å². The van der Waals surface area contributed by atoms with Gasteiger partial charge in [0.2, 0.25) is 0 Å². The zero-order chi connectivity index (χ0) is 22.9. The van der Waals surface area contributed by atoms with Crippen LogP contribution >= 0.6 is 11.6 Å². The Bertz CT molecular complexity index is 685. The second-order valence-corrected chi connectivity index (χ2v) is 14.3.